The lowest BCUT2D eigenvalue weighted by molar-refractivity contribution is 0.103. The number of ether oxygens (including phenoxy) is 3. The number of rotatable bonds is 5. The number of hydrogen-bond donors (Lipinski definition) is 0. The third-order valence-electron chi connectivity index (χ3n) is 2.92. The van der Waals surface area contributed by atoms with Gasteiger partial charge in [0.1, 0.15) is 5.82 Å². The van der Waals surface area contributed by atoms with Crippen LogP contribution in [0.2, 0.25) is 0 Å². The predicted molar refractivity (Wildman–Crippen MR) is 73.7 cm³/mol. The number of ketones is 1. The summed E-state index contributed by atoms with van der Waals surface area (Å²) in [6, 6.07) is 4.24. The Balaban J connectivity index is 2.56. The summed E-state index contributed by atoms with van der Waals surface area (Å²) in [4.78, 5) is 16.1. The van der Waals surface area contributed by atoms with E-state index in [4.69, 9.17) is 14.2 Å². The molecule has 0 aliphatic carbocycles. The van der Waals surface area contributed by atoms with Gasteiger partial charge in [-0.3, -0.25) is 9.78 Å². The van der Waals surface area contributed by atoms with Crippen molar-refractivity contribution in [1.82, 2.24) is 4.98 Å². The van der Waals surface area contributed by atoms with Gasteiger partial charge >= 0.3 is 0 Å². The van der Waals surface area contributed by atoms with Crippen LogP contribution in [-0.4, -0.2) is 32.1 Å². The molecule has 5 nitrogen and oxygen atoms in total. The molecule has 0 radical (unpaired) electrons. The molecular weight excluding hydrogens is 277 g/mol. The summed E-state index contributed by atoms with van der Waals surface area (Å²) in [7, 11) is 4.34. The molecule has 0 N–H and O–H groups in total. The number of methoxy groups -OCH3 is 3. The zero-order chi connectivity index (χ0) is 15.4. The maximum Gasteiger partial charge on any atom is 0.204 e. The molecule has 2 aromatic rings. The van der Waals surface area contributed by atoms with Crippen molar-refractivity contribution < 1.29 is 23.4 Å². The van der Waals surface area contributed by atoms with E-state index in [0.717, 1.165) is 12.3 Å². The highest BCUT2D eigenvalue weighted by Gasteiger charge is 2.22. The second kappa shape index (κ2) is 6.21. The Morgan fingerprint density at radius 1 is 1.05 bits per heavy atom. The van der Waals surface area contributed by atoms with E-state index in [1.165, 1.54) is 33.6 Å². The average Bonchev–Trinajstić information content (AvgIpc) is 2.52. The molecule has 1 aromatic carbocycles. The molecule has 0 unspecified atom stereocenters. The monoisotopic (exact) mass is 291 g/mol. The van der Waals surface area contributed by atoms with Crippen LogP contribution in [-0.2, 0) is 0 Å². The van der Waals surface area contributed by atoms with Crippen LogP contribution in [0.15, 0.2) is 30.6 Å². The molecule has 2 rings (SSSR count). The molecule has 0 saturated heterocycles. The summed E-state index contributed by atoms with van der Waals surface area (Å²) in [6.07, 6.45) is 2.32. The highest BCUT2D eigenvalue weighted by molar-refractivity contribution is 6.11. The van der Waals surface area contributed by atoms with Gasteiger partial charge in [0.25, 0.3) is 0 Å². The number of aromatic nitrogens is 1. The fourth-order valence-electron chi connectivity index (χ4n) is 1.97. The first-order valence-corrected chi connectivity index (χ1v) is 6.06. The maximum atomic E-state index is 13.2. The lowest BCUT2D eigenvalue weighted by Gasteiger charge is -2.15. The van der Waals surface area contributed by atoms with Crippen LogP contribution in [0.1, 0.15) is 15.9 Å². The SMILES string of the molecule is COc1ccc(C(=O)c2cncc(F)c2)c(OC)c1OC. The van der Waals surface area contributed by atoms with E-state index in [1.54, 1.807) is 6.07 Å². The third kappa shape index (κ3) is 2.79. The summed E-state index contributed by atoms with van der Waals surface area (Å²) in [5, 5.41) is 0. The lowest BCUT2D eigenvalue weighted by atomic mass is 10.0. The summed E-state index contributed by atoms with van der Waals surface area (Å²) in [6.45, 7) is 0. The molecule has 0 spiro atoms. The molecule has 6 heteroatoms. The van der Waals surface area contributed by atoms with Crippen molar-refractivity contribution in [1.29, 1.82) is 0 Å². The molecule has 21 heavy (non-hydrogen) atoms. The van der Waals surface area contributed by atoms with Crippen molar-refractivity contribution in [2.45, 2.75) is 0 Å². The number of pyridine rings is 1. The normalized spacial score (nSPS) is 10.1. The van der Waals surface area contributed by atoms with Crippen LogP contribution in [0, 0.1) is 5.82 Å². The first-order valence-electron chi connectivity index (χ1n) is 6.06. The standard InChI is InChI=1S/C15H14FNO4/c1-19-12-5-4-11(14(20-2)15(12)21-3)13(18)9-6-10(16)8-17-7-9/h4-8H,1-3H3. The number of hydrogen-bond acceptors (Lipinski definition) is 5. The molecule has 0 amide bonds. The van der Waals surface area contributed by atoms with Crippen LogP contribution >= 0.6 is 0 Å². The Kier molecular flexibility index (Phi) is 4.37. The van der Waals surface area contributed by atoms with Crippen molar-refractivity contribution in [3.05, 3.63) is 47.5 Å². The Bertz CT molecular complexity index is 673. The zero-order valence-corrected chi connectivity index (χ0v) is 11.8. The van der Waals surface area contributed by atoms with Crippen molar-refractivity contribution in [3.63, 3.8) is 0 Å². The molecule has 0 fully saturated rings. The van der Waals surface area contributed by atoms with Gasteiger partial charge in [0, 0.05) is 11.8 Å². The Morgan fingerprint density at radius 2 is 1.76 bits per heavy atom. The van der Waals surface area contributed by atoms with E-state index >= 15 is 0 Å². The number of halogens is 1. The molecule has 110 valence electrons. The van der Waals surface area contributed by atoms with Crippen molar-refractivity contribution in [2.24, 2.45) is 0 Å². The second-order valence-electron chi connectivity index (χ2n) is 4.10. The van der Waals surface area contributed by atoms with Gasteiger partial charge in [-0.05, 0) is 18.2 Å². The van der Waals surface area contributed by atoms with Gasteiger partial charge in [-0.1, -0.05) is 0 Å². The van der Waals surface area contributed by atoms with Gasteiger partial charge < -0.3 is 14.2 Å². The highest BCUT2D eigenvalue weighted by Crippen LogP contribution is 2.40. The highest BCUT2D eigenvalue weighted by atomic mass is 19.1. The zero-order valence-electron chi connectivity index (χ0n) is 11.8. The molecule has 0 bridgehead atoms. The molecular formula is C15H14FNO4. The molecule has 0 saturated carbocycles. The van der Waals surface area contributed by atoms with Crippen molar-refractivity contribution >= 4 is 5.78 Å². The lowest BCUT2D eigenvalue weighted by Crippen LogP contribution is -2.07. The first-order chi connectivity index (χ1) is 10.1. The summed E-state index contributed by atoms with van der Waals surface area (Å²) < 4.78 is 28.8. The first kappa shape index (κ1) is 14.8. The van der Waals surface area contributed by atoms with E-state index < -0.39 is 11.6 Å². The van der Waals surface area contributed by atoms with Crippen molar-refractivity contribution in [2.75, 3.05) is 21.3 Å². The minimum atomic E-state index is -0.583. The molecule has 0 aliphatic heterocycles. The van der Waals surface area contributed by atoms with E-state index in [2.05, 4.69) is 4.98 Å². The largest absolute Gasteiger partial charge is 0.493 e. The fourth-order valence-corrected chi connectivity index (χ4v) is 1.97. The maximum absolute atomic E-state index is 13.2. The number of nitrogens with zero attached hydrogens (tertiary/aromatic N) is 1. The van der Waals surface area contributed by atoms with E-state index in [-0.39, 0.29) is 16.9 Å². The summed E-state index contributed by atoms with van der Waals surface area (Å²) >= 11 is 0. The number of carbonyl (C=O) groups excluding carboxylic acids is 1. The molecule has 1 heterocycles. The van der Waals surface area contributed by atoms with E-state index in [0.29, 0.717) is 11.5 Å². The fraction of sp³-hybridized carbons (Fsp3) is 0.200. The van der Waals surface area contributed by atoms with Crippen LogP contribution in [0.3, 0.4) is 0 Å². The predicted octanol–water partition coefficient (Wildman–Crippen LogP) is 2.48. The quantitative estimate of drug-likeness (QED) is 0.792. The molecule has 0 aliphatic rings. The average molecular weight is 291 g/mol. The smallest absolute Gasteiger partial charge is 0.204 e. The molecule has 0 atom stereocenters. The van der Waals surface area contributed by atoms with Gasteiger partial charge in [0.05, 0.1) is 33.1 Å². The Morgan fingerprint density at radius 3 is 2.33 bits per heavy atom. The Labute approximate surface area is 121 Å². The number of benzene rings is 1. The molecule has 1 aromatic heterocycles. The summed E-state index contributed by atoms with van der Waals surface area (Å²) in [5.74, 6) is -0.0373. The minimum absolute atomic E-state index is 0.125. The van der Waals surface area contributed by atoms with Crippen LogP contribution in [0.5, 0.6) is 17.2 Å². The van der Waals surface area contributed by atoms with Crippen LogP contribution in [0.25, 0.3) is 0 Å². The number of carbonyl (C=O) groups is 1. The second-order valence-corrected chi connectivity index (χ2v) is 4.10. The van der Waals surface area contributed by atoms with Gasteiger partial charge in [0.15, 0.2) is 17.3 Å². The van der Waals surface area contributed by atoms with Crippen molar-refractivity contribution in [3.8, 4) is 17.2 Å². The Hall–Kier alpha value is -2.63. The third-order valence-corrected chi connectivity index (χ3v) is 2.92. The van der Waals surface area contributed by atoms with Crippen LogP contribution < -0.4 is 14.2 Å². The van der Waals surface area contributed by atoms with Gasteiger partial charge in [-0.2, -0.15) is 0 Å². The van der Waals surface area contributed by atoms with Crippen LogP contribution in [0.4, 0.5) is 4.39 Å². The van der Waals surface area contributed by atoms with Gasteiger partial charge in [-0.15, -0.1) is 0 Å². The van der Waals surface area contributed by atoms with Gasteiger partial charge in [-0.25, -0.2) is 4.39 Å². The van der Waals surface area contributed by atoms with Gasteiger partial charge in [0.2, 0.25) is 5.75 Å². The van der Waals surface area contributed by atoms with E-state index in [9.17, 15) is 9.18 Å². The van der Waals surface area contributed by atoms with E-state index in [1.807, 2.05) is 0 Å². The minimum Gasteiger partial charge on any atom is -0.493 e. The summed E-state index contributed by atoms with van der Waals surface area (Å²) in [5.41, 5.74) is 0.364. The topological polar surface area (TPSA) is 57.7 Å².